The van der Waals surface area contributed by atoms with Gasteiger partial charge in [-0.3, -0.25) is 14.7 Å². The number of imidazole rings is 1. The average molecular weight is 415 g/mol. The first kappa shape index (κ1) is 18.9. The molecule has 0 atom stereocenters. The number of rotatable bonds is 4. The van der Waals surface area contributed by atoms with Crippen LogP contribution >= 0.6 is 0 Å². The van der Waals surface area contributed by atoms with Crippen LogP contribution in [-0.2, 0) is 17.8 Å². The van der Waals surface area contributed by atoms with Crippen molar-refractivity contribution in [3.05, 3.63) is 71.5 Å². The molecule has 1 aliphatic heterocycles. The maximum atomic E-state index is 12.3. The van der Waals surface area contributed by atoms with Gasteiger partial charge < -0.3 is 15.4 Å². The number of nitrogens with one attached hydrogen (secondary N) is 1. The van der Waals surface area contributed by atoms with Crippen LogP contribution in [0.1, 0.15) is 28.7 Å². The van der Waals surface area contributed by atoms with Gasteiger partial charge in [-0.05, 0) is 36.4 Å². The van der Waals surface area contributed by atoms with Crippen molar-refractivity contribution in [3.8, 4) is 22.8 Å². The molecule has 156 valence electrons. The first-order valence-electron chi connectivity index (χ1n) is 10.0. The fourth-order valence-electron chi connectivity index (χ4n) is 3.96. The predicted molar refractivity (Wildman–Crippen MR) is 115 cm³/mol. The number of aromatic nitrogens is 3. The molecule has 2 aromatic carbocycles. The number of nitrogens with two attached hydrogens (primary N) is 1. The minimum Gasteiger partial charge on any atom is -0.457 e. The normalized spacial score (nSPS) is 13.3. The fourth-order valence-corrected chi connectivity index (χ4v) is 3.96. The number of carbonyl (C=O) groups is 2. The number of nitrogens with zero attached hydrogens (tertiary/aromatic N) is 3. The summed E-state index contributed by atoms with van der Waals surface area (Å²) < 4.78 is 7.61. The lowest BCUT2D eigenvalue weighted by atomic mass is 10.1. The molecule has 0 saturated heterocycles. The lowest BCUT2D eigenvalue weighted by Gasteiger charge is -2.25. The van der Waals surface area contributed by atoms with Crippen molar-refractivity contribution in [2.75, 3.05) is 6.54 Å². The quantitative estimate of drug-likeness (QED) is 0.534. The molecule has 0 radical (unpaired) electrons. The summed E-state index contributed by atoms with van der Waals surface area (Å²) in [6, 6.07) is 16.9. The van der Waals surface area contributed by atoms with E-state index in [0.29, 0.717) is 42.2 Å². The monoisotopic (exact) mass is 415 g/mol. The highest BCUT2D eigenvalue weighted by Crippen LogP contribution is 2.31. The van der Waals surface area contributed by atoms with Crippen LogP contribution in [0.2, 0.25) is 0 Å². The summed E-state index contributed by atoms with van der Waals surface area (Å²) in [5, 5.41) is 3.27. The second-order valence-corrected chi connectivity index (χ2v) is 7.52. The van der Waals surface area contributed by atoms with Crippen LogP contribution in [0.5, 0.6) is 11.5 Å². The van der Waals surface area contributed by atoms with Gasteiger partial charge in [0.05, 0.1) is 23.6 Å². The topological polar surface area (TPSA) is 106 Å². The van der Waals surface area contributed by atoms with E-state index in [1.54, 1.807) is 16.3 Å². The number of fused-ring (bicyclic) bond motifs is 3. The fraction of sp³-hybridized carbons (Fsp3) is 0.174. The lowest BCUT2D eigenvalue weighted by molar-refractivity contribution is -0.129. The Labute approximate surface area is 178 Å². The molecule has 3 heterocycles. The van der Waals surface area contributed by atoms with Gasteiger partial charge >= 0.3 is 0 Å². The van der Waals surface area contributed by atoms with Gasteiger partial charge in [0, 0.05) is 25.5 Å². The van der Waals surface area contributed by atoms with Gasteiger partial charge in [0.25, 0.3) is 5.91 Å². The zero-order valence-electron chi connectivity index (χ0n) is 17.0. The molecule has 8 heteroatoms. The molecule has 3 N–H and O–H groups in total. The van der Waals surface area contributed by atoms with Crippen molar-refractivity contribution in [2.45, 2.75) is 19.9 Å². The standard InChI is InChI=1S/C23H21N5O3/c1-14(29)27-12-11-18-19(13-27)28-23(25-18)20(22(24)30)21(26-28)15-7-9-17(10-8-15)31-16-5-3-2-4-6-16/h2-10,26H,11-13H2,1H3,(H2,24,30). The highest BCUT2D eigenvalue weighted by molar-refractivity contribution is 6.04. The van der Waals surface area contributed by atoms with Crippen molar-refractivity contribution < 1.29 is 14.3 Å². The number of aromatic amines is 1. The van der Waals surface area contributed by atoms with Crippen molar-refractivity contribution in [3.63, 3.8) is 0 Å². The highest BCUT2D eigenvalue weighted by Gasteiger charge is 2.28. The number of benzene rings is 2. The van der Waals surface area contributed by atoms with Gasteiger partial charge in [-0.1, -0.05) is 18.2 Å². The summed E-state index contributed by atoms with van der Waals surface area (Å²) >= 11 is 0. The number of hydrogen-bond acceptors (Lipinski definition) is 4. The van der Waals surface area contributed by atoms with Crippen LogP contribution in [0, 0.1) is 0 Å². The first-order valence-corrected chi connectivity index (χ1v) is 10.0. The average Bonchev–Trinajstić information content (AvgIpc) is 3.30. The maximum Gasteiger partial charge on any atom is 0.254 e. The van der Waals surface area contributed by atoms with Gasteiger partial charge in [0.2, 0.25) is 5.91 Å². The van der Waals surface area contributed by atoms with Crippen LogP contribution in [0.3, 0.4) is 0 Å². The molecule has 5 rings (SSSR count). The predicted octanol–water partition coefficient (Wildman–Crippen LogP) is 3.13. The molecule has 0 fully saturated rings. The SMILES string of the molecule is CC(=O)N1CCc2nc3c(C(N)=O)c(-c4ccc(Oc5ccccc5)cc4)[nH]n3c2C1. The number of para-hydroxylation sites is 1. The largest absolute Gasteiger partial charge is 0.457 e. The van der Waals surface area contributed by atoms with E-state index in [1.165, 1.54) is 0 Å². The summed E-state index contributed by atoms with van der Waals surface area (Å²) in [4.78, 5) is 30.6. The Morgan fingerprint density at radius 1 is 1.06 bits per heavy atom. The number of H-pyrrole nitrogens is 1. The van der Waals surface area contributed by atoms with Gasteiger partial charge in [-0.2, -0.15) is 0 Å². The van der Waals surface area contributed by atoms with Crippen LogP contribution in [-0.4, -0.2) is 37.9 Å². The third kappa shape index (κ3) is 3.31. The second kappa shape index (κ2) is 7.32. The van der Waals surface area contributed by atoms with E-state index >= 15 is 0 Å². The molecule has 1 aliphatic rings. The second-order valence-electron chi connectivity index (χ2n) is 7.52. The Balaban J connectivity index is 1.53. The molecule has 0 saturated carbocycles. The number of ether oxygens (including phenoxy) is 1. The number of carbonyl (C=O) groups excluding carboxylic acids is 2. The minimum absolute atomic E-state index is 0.0107. The number of amides is 2. The number of primary amides is 1. The van der Waals surface area contributed by atoms with Gasteiger partial charge in [-0.25, -0.2) is 9.50 Å². The molecule has 2 amide bonds. The minimum atomic E-state index is -0.559. The van der Waals surface area contributed by atoms with Gasteiger partial charge in [0.15, 0.2) is 5.65 Å². The van der Waals surface area contributed by atoms with E-state index in [-0.39, 0.29) is 5.91 Å². The van der Waals surface area contributed by atoms with Crippen molar-refractivity contribution in [1.29, 1.82) is 0 Å². The summed E-state index contributed by atoms with van der Waals surface area (Å²) in [5.74, 6) is 0.877. The van der Waals surface area contributed by atoms with Crippen molar-refractivity contribution in [1.82, 2.24) is 19.5 Å². The third-order valence-electron chi connectivity index (χ3n) is 5.53. The Bertz CT molecular complexity index is 1290. The summed E-state index contributed by atoms with van der Waals surface area (Å²) in [6.45, 7) is 2.61. The van der Waals surface area contributed by atoms with E-state index < -0.39 is 5.91 Å². The first-order chi connectivity index (χ1) is 15.0. The molecule has 0 unspecified atom stereocenters. The lowest BCUT2D eigenvalue weighted by Crippen LogP contribution is -2.34. The molecule has 0 spiro atoms. The molecule has 4 aromatic rings. The van der Waals surface area contributed by atoms with Crippen LogP contribution < -0.4 is 10.5 Å². The Kier molecular flexibility index (Phi) is 4.47. The third-order valence-corrected chi connectivity index (χ3v) is 5.53. The van der Waals surface area contributed by atoms with Crippen LogP contribution in [0.15, 0.2) is 54.6 Å². The zero-order valence-corrected chi connectivity index (χ0v) is 17.0. The van der Waals surface area contributed by atoms with E-state index in [1.807, 2.05) is 54.6 Å². The smallest absolute Gasteiger partial charge is 0.254 e. The summed E-state index contributed by atoms with van der Waals surface area (Å²) in [6.07, 6.45) is 0.642. The Morgan fingerprint density at radius 2 is 1.77 bits per heavy atom. The summed E-state index contributed by atoms with van der Waals surface area (Å²) in [5.41, 5.74) is 9.67. The molecular formula is C23H21N5O3. The van der Waals surface area contributed by atoms with Gasteiger partial charge in [0.1, 0.15) is 17.1 Å². The Hall–Kier alpha value is -4.07. The molecule has 31 heavy (non-hydrogen) atoms. The van der Waals surface area contributed by atoms with Crippen molar-refractivity contribution in [2.24, 2.45) is 5.73 Å². The molecule has 0 aliphatic carbocycles. The Morgan fingerprint density at radius 3 is 2.45 bits per heavy atom. The molecule has 2 aromatic heterocycles. The number of hydrogen-bond donors (Lipinski definition) is 2. The zero-order chi connectivity index (χ0) is 21.5. The molecular weight excluding hydrogens is 394 g/mol. The van der Waals surface area contributed by atoms with E-state index in [4.69, 9.17) is 10.5 Å². The van der Waals surface area contributed by atoms with Crippen LogP contribution in [0.25, 0.3) is 16.9 Å². The van der Waals surface area contributed by atoms with E-state index in [2.05, 4.69) is 10.1 Å². The molecule has 0 bridgehead atoms. The highest BCUT2D eigenvalue weighted by atomic mass is 16.5. The van der Waals surface area contributed by atoms with Gasteiger partial charge in [-0.15, -0.1) is 0 Å². The molecule has 8 nitrogen and oxygen atoms in total. The van der Waals surface area contributed by atoms with E-state index in [9.17, 15) is 9.59 Å². The van der Waals surface area contributed by atoms with Crippen LogP contribution in [0.4, 0.5) is 0 Å². The summed E-state index contributed by atoms with van der Waals surface area (Å²) in [7, 11) is 0. The maximum absolute atomic E-state index is 12.3. The van der Waals surface area contributed by atoms with E-state index in [0.717, 1.165) is 22.7 Å². The van der Waals surface area contributed by atoms with Crippen molar-refractivity contribution >= 4 is 17.5 Å².